The molecule has 1 aromatic rings. The molecule has 5 nitrogen and oxygen atoms in total. The molecule has 1 aliphatic heterocycles. The minimum Gasteiger partial charge on any atom is -0.443 e. The number of nitrogens with zero attached hydrogens (tertiary/aromatic N) is 3. The fourth-order valence-electron chi connectivity index (χ4n) is 3.06. The summed E-state index contributed by atoms with van der Waals surface area (Å²) in [6, 6.07) is 4.50. The molecular weight excluding hydrogens is 302 g/mol. The fraction of sp³-hybridized carbons (Fsp3) is 0.684. The minimum absolute atomic E-state index is 0.0346. The molecule has 0 radical (unpaired) electrons. The molecule has 0 spiro atoms. The van der Waals surface area contributed by atoms with Crippen LogP contribution in [-0.4, -0.2) is 41.2 Å². The number of pyridine rings is 1. The van der Waals surface area contributed by atoms with Crippen LogP contribution in [0.15, 0.2) is 18.3 Å². The number of hydrogen-bond acceptors (Lipinski definition) is 4. The van der Waals surface area contributed by atoms with Gasteiger partial charge < -0.3 is 4.74 Å². The molecule has 1 amide bonds. The third-order valence-electron chi connectivity index (χ3n) is 4.54. The van der Waals surface area contributed by atoms with Gasteiger partial charge in [0.25, 0.3) is 0 Å². The predicted molar refractivity (Wildman–Crippen MR) is 97.3 cm³/mol. The van der Waals surface area contributed by atoms with E-state index in [1.807, 2.05) is 40.0 Å². The van der Waals surface area contributed by atoms with Crippen LogP contribution in [0.5, 0.6) is 0 Å². The van der Waals surface area contributed by atoms with Crippen LogP contribution in [0.3, 0.4) is 0 Å². The van der Waals surface area contributed by atoms with Gasteiger partial charge in [0.15, 0.2) is 0 Å². The van der Waals surface area contributed by atoms with Gasteiger partial charge in [0, 0.05) is 18.3 Å². The molecule has 0 bridgehead atoms. The van der Waals surface area contributed by atoms with Crippen LogP contribution in [0.25, 0.3) is 0 Å². The standard InChI is InChI=1S/C19H31N3O2/c1-7-14(2)22(18(23)24-19(3,4)5)17-11-10-15(13-20-17)16-9-8-12-21(16)6/h10-11,13-14,16H,7-9,12H2,1-6H3/t14-,16-/m0/s1. The highest BCUT2D eigenvalue weighted by Crippen LogP contribution is 2.31. The summed E-state index contributed by atoms with van der Waals surface area (Å²) in [5, 5.41) is 0. The minimum atomic E-state index is -0.519. The second-order valence-corrected chi connectivity index (χ2v) is 7.70. The van der Waals surface area contributed by atoms with Crippen LogP contribution >= 0.6 is 0 Å². The molecule has 0 aromatic carbocycles. The highest BCUT2D eigenvalue weighted by molar-refractivity contribution is 5.87. The van der Waals surface area contributed by atoms with E-state index in [-0.39, 0.29) is 12.1 Å². The van der Waals surface area contributed by atoms with Crippen molar-refractivity contribution in [1.82, 2.24) is 9.88 Å². The number of likely N-dealkylation sites (tertiary alicyclic amines) is 1. The van der Waals surface area contributed by atoms with Crippen LogP contribution in [0.1, 0.15) is 65.5 Å². The first-order valence-electron chi connectivity index (χ1n) is 8.91. The molecule has 1 aliphatic rings. The van der Waals surface area contributed by atoms with E-state index in [0.717, 1.165) is 13.0 Å². The number of rotatable bonds is 4. The molecule has 134 valence electrons. The van der Waals surface area contributed by atoms with Gasteiger partial charge in [-0.25, -0.2) is 9.78 Å². The average Bonchev–Trinajstić information content (AvgIpc) is 2.92. The Morgan fingerprint density at radius 1 is 1.46 bits per heavy atom. The summed E-state index contributed by atoms with van der Waals surface area (Å²) < 4.78 is 5.56. The molecule has 2 rings (SSSR count). The third kappa shape index (κ3) is 4.47. The van der Waals surface area contributed by atoms with Crippen molar-refractivity contribution in [2.75, 3.05) is 18.5 Å². The molecule has 0 N–H and O–H groups in total. The first-order valence-corrected chi connectivity index (χ1v) is 8.91. The van der Waals surface area contributed by atoms with Gasteiger partial charge in [-0.1, -0.05) is 13.0 Å². The van der Waals surface area contributed by atoms with Crippen LogP contribution < -0.4 is 4.90 Å². The van der Waals surface area contributed by atoms with E-state index in [2.05, 4.69) is 29.9 Å². The van der Waals surface area contributed by atoms with Gasteiger partial charge in [-0.05, 0) is 72.2 Å². The Hall–Kier alpha value is -1.62. The van der Waals surface area contributed by atoms with E-state index in [9.17, 15) is 4.79 Å². The van der Waals surface area contributed by atoms with Gasteiger partial charge in [-0.15, -0.1) is 0 Å². The lowest BCUT2D eigenvalue weighted by atomic mass is 10.1. The molecule has 2 heterocycles. The lowest BCUT2D eigenvalue weighted by Crippen LogP contribution is -2.42. The number of ether oxygens (including phenoxy) is 1. The number of carbonyl (C=O) groups is 1. The topological polar surface area (TPSA) is 45.7 Å². The highest BCUT2D eigenvalue weighted by atomic mass is 16.6. The van der Waals surface area contributed by atoms with E-state index >= 15 is 0 Å². The monoisotopic (exact) mass is 333 g/mol. The Morgan fingerprint density at radius 2 is 2.17 bits per heavy atom. The SMILES string of the molecule is CC[C@H](C)N(C(=O)OC(C)(C)C)c1ccc([C@@H]2CCCN2C)cn1. The zero-order valence-corrected chi connectivity index (χ0v) is 15.9. The second-order valence-electron chi connectivity index (χ2n) is 7.70. The molecular formula is C19H31N3O2. The van der Waals surface area contributed by atoms with Crippen molar-refractivity contribution in [3.63, 3.8) is 0 Å². The average molecular weight is 333 g/mol. The Kier molecular flexibility index (Phi) is 5.86. The summed E-state index contributed by atoms with van der Waals surface area (Å²) >= 11 is 0. The molecule has 0 saturated carbocycles. The summed E-state index contributed by atoms with van der Waals surface area (Å²) in [6.07, 6.45) is 4.80. The summed E-state index contributed by atoms with van der Waals surface area (Å²) in [5.74, 6) is 0.656. The Balaban J connectivity index is 2.22. The van der Waals surface area contributed by atoms with Crippen molar-refractivity contribution in [2.45, 2.75) is 71.6 Å². The predicted octanol–water partition coefficient (Wildman–Crippen LogP) is 4.39. The number of amides is 1. The maximum atomic E-state index is 12.6. The number of carbonyl (C=O) groups excluding carboxylic acids is 1. The zero-order valence-electron chi connectivity index (χ0n) is 15.9. The van der Waals surface area contributed by atoms with E-state index < -0.39 is 5.60 Å². The van der Waals surface area contributed by atoms with Gasteiger partial charge in [-0.3, -0.25) is 9.80 Å². The number of anilines is 1. The van der Waals surface area contributed by atoms with Crippen LogP contribution in [0.4, 0.5) is 10.6 Å². The van der Waals surface area contributed by atoms with Gasteiger partial charge in [0.1, 0.15) is 11.4 Å². The second kappa shape index (κ2) is 7.51. The fourth-order valence-corrected chi connectivity index (χ4v) is 3.06. The summed E-state index contributed by atoms with van der Waals surface area (Å²) in [4.78, 5) is 21.2. The third-order valence-corrected chi connectivity index (χ3v) is 4.54. The van der Waals surface area contributed by atoms with Crippen molar-refractivity contribution in [2.24, 2.45) is 0 Å². The first kappa shape index (κ1) is 18.7. The van der Waals surface area contributed by atoms with Gasteiger partial charge in [0.05, 0.1) is 0 Å². The smallest absolute Gasteiger partial charge is 0.416 e. The van der Waals surface area contributed by atoms with Gasteiger partial charge >= 0.3 is 6.09 Å². The van der Waals surface area contributed by atoms with E-state index in [1.165, 1.54) is 18.4 Å². The van der Waals surface area contributed by atoms with Crippen molar-refractivity contribution < 1.29 is 9.53 Å². The quantitative estimate of drug-likeness (QED) is 0.820. The molecule has 5 heteroatoms. The van der Waals surface area contributed by atoms with Gasteiger partial charge in [-0.2, -0.15) is 0 Å². The molecule has 1 aromatic heterocycles. The van der Waals surface area contributed by atoms with Crippen molar-refractivity contribution in [1.29, 1.82) is 0 Å². The van der Waals surface area contributed by atoms with Gasteiger partial charge in [0.2, 0.25) is 0 Å². The summed E-state index contributed by atoms with van der Waals surface area (Å²) in [5.41, 5.74) is 0.696. The van der Waals surface area contributed by atoms with Crippen molar-refractivity contribution in [3.05, 3.63) is 23.9 Å². The van der Waals surface area contributed by atoms with Crippen LogP contribution in [0, 0.1) is 0 Å². The molecule has 2 atom stereocenters. The Morgan fingerprint density at radius 3 is 2.62 bits per heavy atom. The maximum Gasteiger partial charge on any atom is 0.416 e. The van der Waals surface area contributed by atoms with Crippen molar-refractivity contribution in [3.8, 4) is 0 Å². The van der Waals surface area contributed by atoms with E-state index in [4.69, 9.17) is 4.74 Å². The molecule has 0 aliphatic carbocycles. The highest BCUT2D eigenvalue weighted by Gasteiger charge is 2.28. The van der Waals surface area contributed by atoms with Crippen molar-refractivity contribution >= 4 is 11.9 Å². The van der Waals surface area contributed by atoms with E-state index in [0.29, 0.717) is 11.9 Å². The lowest BCUT2D eigenvalue weighted by molar-refractivity contribution is 0.0566. The largest absolute Gasteiger partial charge is 0.443 e. The summed E-state index contributed by atoms with van der Waals surface area (Å²) in [6.45, 7) is 10.8. The van der Waals surface area contributed by atoms with Crippen LogP contribution in [-0.2, 0) is 4.74 Å². The summed E-state index contributed by atoms with van der Waals surface area (Å²) in [7, 11) is 2.15. The maximum absolute atomic E-state index is 12.6. The molecule has 24 heavy (non-hydrogen) atoms. The normalized spacial score (nSPS) is 20.0. The number of hydrogen-bond donors (Lipinski definition) is 0. The first-order chi connectivity index (χ1) is 11.2. The molecule has 1 saturated heterocycles. The molecule has 1 fully saturated rings. The zero-order chi connectivity index (χ0) is 17.9. The van der Waals surface area contributed by atoms with E-state index in [1.54, 1.807) is 4.90 Å². The van der Waals surface area contributed by atoms with Crippen LogP contribution in [0.2, 0.25) is 0 Å². The molecule has 0 unspecified atom stereocenters. The Bertz CT molecular complexity index is 551. The lowest BCUT2D eigenvalue weighted by Gasteiger charge is -2.30. The Labute approximate surface area is 146 Å². The number of aromatic nitrogens is 1.